The van der Waals surface area contributed by atoms with Crippen LogP contribution in [-0.2, 0) is 26.7 Å². The van der Waals surface area contributed by atoms with E-state index in [4.69, 9.17) is 9.52 Å². The summed E-state index contributed by atoms with van der Waals surface area (Å²) in [7, 11) is -7.11. The minimum absolute atomic E-state index is 0.0251. The molecular weight excluding hydrogens is 388 g/mol. The molecule has 1 saturated heterocycles. The van der Waals surface area contributed by atoms with Gasteiger partial charge in [-0.15, -0.1) is 0 Å². The van der Waals surface area contributed by atoms with Gasteiger partial charge in [-0.2, -0.15) is 8.61 Å². The van der Waals surface area contributed by atoms with Crippen LogP contribution in [0.15, 0.2) is 20.0 Å². The SMILES string of the molecule is CS(=O)(=O)N1CCN(S(=O)(=O)c2cc(CO)oc2Br)CC1. The Kier molecular flexibility index (Phi) is 4.81. The highest BCUT2D eigenvalue weighted by Crippen LogP contribution is 2.29. The molecule has 120 valence electrons. The number of rotatable bonds is 4. The van der Waals surface area contributed by atoms with Crippen molar-refractivity contribution in [3.8, 4) is 0 Å². The van der Waals surface area contributed by atoms with Gasteiger partial charge in [-0.3, -0.25) is 0 Å². The summed E-state index contributed by atoms with van der Waals surface area (Å²) in [4.78, 5) is -0.0700. The standard InChI is InChI=1S/C10H15BrN2O6S2/c1-20(15,16)12-2-4-13(5-3-12)21(17,18)9-6-8(7-14)19-10(9)11/h6,14H,2-5,7H2,1H3. The molecule has 21 heavy (non-hydrogen) atoms. The molecule has 1 N–H and O–H groups in total. The summed E-state index contributed by atoms with van der Waals surface area (Å²) in [5.41, 5.74) is 0. The van der Waals surface area contributed by atoms with Crippen molar-refractivity contribution in [1.29, 1.82) is 0 Å². The molecule has 0 atom stereocenters. The highest BCUT2D eigenvalue weighted by molar-refractivity contribution is 9.10. The van der Waals surface area contributed by atoms with E-state index in [-0.39, 0.29) is 41.5 Å². The van der Waals surface area contributed by atoms with Crippen LogP contribution in [0.3, 0.4) is 0 Å². The van der Waals surface area contributed by atoms with Crippen molar-refractivity contribution in [2.24, 2.45) is 0 Å². The van der Waals surface area contributed by atoms with Gasteiger partial charge < -0.3 is 9.52 Å². The Balaban J connectivity index is 2.20. The number of hydrogen-bond donors (Lipinski definition) is 1. The molecule has 1 aromatic rings. The Morgan fingerprint density at radius 2 is 1.71 bits per heavy atom. The second kappa shape index (κ2) is 5.97. The summed E-state index contributed by atoms with van der Waals surface area (Å²) in [6, 6.07) is 1.25. The van der Waals surface area contributed by atoms with E-state index in [0.29, 0.717) is 0 Å². The van der Waals surface area contributed by atoms with Crippen LogP contribution >= 0.6 is 15.9 Å². The van der Waals surface area contributed by atoms with Gasteiger partial charge in [-0.25, -0.2) is 16.8 Å². The Bertz CT molecular complexity index is 719. The van der Waals surface area contributed by atoms with Gasteiger partial charge in [0.25, 0.3) is 0 Å². The largest absolute Gasteiger partial charge is 0.450 e. The van der Waals surface area contributed by atoms with E-state index < -0.39 is 26.7 Å². The molecule has 0 spiro atoms. The molecule has 2 rings (SSSR count). The van der Waals surface area contributed by atoms with Crippen molar-refractivity contribution in [1.82, 2.24) is 8.61 Å². The normalized spacial score (nSPS) is 19.0. The van der Waals surface area contributed by atoms with Gasteiger partial charge >= 0.3 is 0 Å². The molecule has 0 radical (unpaired) electrons. The van der Waals surface area contributed by atoms with Crippen molar-refractivity contribution < 1.29 is 26.4 Å². The second-order valence-corrected chi connectivity index (χ2v) is 9.18. The van der Waals surface area contributed by atoms with Crippen molar-refractivity contribution in [3.05, 3.63) is 16.5 Å². The molecule has 8 nitrogen and oxygen atoms in total. The lowest BCUT2D eigenvalue weighted by Crippen LogP contribution is -2.50. The van der Waals surface area contributed by atoms with E-state index >= 15 is 0 Å². The number of halogens is 1. The molecule has 0 aliphatic carbocycles. The van der Waals surface area contributed by atoms with Crippen molar-refractivity contribution >= 4 is 36.0 Å². The van der Waals surface area contributed by atoms with Gasteiger partial charge in [0.1, 0.15) is 17.3 Å². The molecule has 1 aromatic heterocycles. The maximum atomic E-state index is 12.5. The molecule has 0 aromatic carbocycles. The van der Waals surface area contributed by atoms with Crippen LogP contribution in [-0.4, -0.2) is 63.0 Å². The summed E-state index contributed by atoms with van der Waals surface area (Å²) >= 11 is 3.01. The molecule has 1 fully saturated rings. The summed E-state index contributed by atoms with van der Waals surface area (Å²) in [6.45, 7) is -0.0419. The monoisotopic (exact) mass is 402 g/mol. The fourth-order valence-electron chi connectivity index (χ4n) is 2.03. The summed E-state index contributed by atoms with van der Waals surface area (Å²) < 4.78 is 55.3. The lowest BCUT2D eigenvalue weighted by molar-refractivity contribution is 0.245. The molecule has 2 heterocycles. The number of furan rings is 1. The molecule has 0 bridgehead atoms. The molecule has 0 unspecified atom stereocenters. The average molecular weight is 403 g/mol. The van der Waals surface area contributed by atoms with Crippen LogP contribution in [0, 0.1) is 0 Å². The Labute approximate surface area is 131 Å². The van der Waals surface area contributed by atoms with Gasteiger partial charge in [-0.1, -0.05) is 0 Å². The molecule has 1 aliphatic heterocycles. The maximum absolute atomic E-state index is 12.5. The van der Waals surface area contributed by atoms with E-state index in [1.54, 1.807) is 0 Å². The predicted octanol–water partition coefficient (Wildman–Crippen LogP) is -0.200. The third-order valence-corrected chi connectivity index (χ3v) is 7.21. The van der Waals surface area contributed by atoms with Crippen LogP contribution in [0.4, 0.5) is 0 Å². The van der Waals surface area contributed by atoms with Crippen LogP contribution < -0.4 is 0 Å². The number of aliphatic hydroxyl groups is 1. The lowest BCUT2D eigenvalue weighted by Gasteiger charge is -2.32. The quantitative estimate of drug-likeness (QED) is 0.746. The van der Waals surface area contributed by atoms with Gasteiger partial charge in [-0.05, 0) is 15.9 Å². The zero-order valence-corrected chi connectivity index (χ0v) is 14.4. The Hall–Kier alpha value is -0.460. The van der Waals surface area contributed by atoms with Crippen molar-refractivity contribution in [2.45, 2.75) is 11.5 Å². The van der Waals surface area contributed by atoms with Crippen molar-refractivity contribution in [2.75, 3.05) is 32.4 Å². The molecule has 11 heteroatoms. The number of piperazine rings is 1. The summed E-state index contributed by atoms with van der Waals surface area (Å²) in [5.74, 6) is 0.134. The van der Waals surface area contributed by atoms with E-state index in [2.05, 4.69) is 15.9 Å². The van der Waals surface area contributed by atoms with Gasteiger partial charge in [0.05, 0.1) is 6.26 Å². The fourth-order valence-corrected chi connectivity index (χ4v) is 5.24. The molecule has 1 aliphatic rings. The highest BCUT2D eigenvalue weighted by Gasteiger charge is 2.33. The van der Waals surface area contributed by atoms with Crippen LogP contribution in [0.5, 0.6) is 0 Å². The molecular formula is C10H15BrN2O6S2. The number of sulfonamides is 2. The first-order chi connectivity index (χ1) is 9.66. The van der Waals surface area contributed by atoms with Crippen LogP contribution in [0.2, 0.25) is 0 Å². The number of hydrogen-bond acceptors (Lipinski definition) is 6. The zero-order valence-electron chi connectivity index (χ0n) is 11.2. The average Bonchev–Trinajstić information content (AvgIpc) is 2.80. The maximum Gasteiger partial charge on any atom is 0.247 e. The van der Waals surface area contributed by atoms with E-state index in [1.165, 1.54) is 14.7 Å². The first kappa shape index (κ1) is 16.9. The number of nitrogens with zero attached hydrogens (tertiary/aromatic N) is 2. The third kappa shape index (κ3) is 3.48. The van der Waals surface area contributed by atoms with Gasteiger partial charge in [0, 0.05) is 32.2 Å². The van der Waals surface area contributed by atoms with Crippen LogP contribution in [0.1, 0.15) is 5.76 Å². The van der Waals surface area contributed by atoms with Gasteiger partial charge in [0.15, 0.2) is 4.67 Å². The second-order valence-electron chi connectivity index (χ2n) is 4.57. The molecule has 0 saturated carbocycles. The van der Waals surface area contributed by atoms with E-state index in [9.17, 15) is 16.8 Å². The zero-order chi connectivity index (χ0) is 15.8. The predicted molar refractivity (Wildman–Crippen MR) is 77.5 cm³/mol. The topological polar surface area (TPSA) is 108 Å². The molecule has 0 amide bonds. The smallest absolute Gasteiger partial charge is 0.247 e. The van der Waals surface area contributed by atoms with E-state index in [0.717, 1.165) is 6.26 Å². The third-order valence-electron chi connectivity index (χ3n) is 3.15. The summed E-state index contributed by atoms with van der Waals surface area (Å²) in [5, 5.41) is 8.98. The number of aliphatic hydroxyl groups excluding tert-OH is 1. The Morgan fingerprint density at radius 3 is 2.14 bits per heavy atom. The minimum atomic E-state index is -3.79. The van der Waals surface area contributed by atoms with Crippen molar-refractivity contribution in [3.63, 3.8) is 0 Å². The lowest BCUT2D eigenvalue weighted by atomic mass is 10.4. The van der Waals surface area contributed by atoms with E-state index in [1.807, 2.05) is 0 Å². The first-order valence-electron chi connectivity index (χ1n) is 6.00. The van der Waals surface area contributed by atoms with Crippen LogP contribution in [0.25, 0.3) is 0 Å². The highest BCUT2D eigenvalue weighted by atomic mass is 79.9. The first-order valence-corrected chi connectivity index (χ1v) is 10.1. The Morgan fingerprint density at radius 1 is 1.19 bits per heavy atom. The minimum Gasteiger partial charge on any atom is -0.450 e. The fraction of sp³-hybridized carbons (Fsp3) is 0.600. The summed E-state index contributed by atoms with van der Waals surface area (Å²) in [6.07, 6.45) is 1.09. The van der Waals surface area contributed by atoms with Gasteiger partial charge in [0.2, 0.25) is 20.0 Å².